The van der Waals surface area contributed by atoms with Crippen molar-refractivity contribution < 1.29 is 14.4 Å². The van der Waals surface area contributed by atoms with E-state index in [4.69, 9.17) is 4.52 Å². The smallest absolute Gasteiger partial charge is 0.341 e. The van der Waals surface area contributed by atoms with Gasteiger partial charge in [-0.3, -0.25) is 4.98 Å². The Morgan fingerprint density at radius 1 is 1.50 bits per heavy atom. The number of aryl methyl sites for hydroxylation is 1. The lowest BCUT2D eigenvalue weighted by molar-refractivity contribution is 0.0695. The second-order valence-corrected chi connectivity index (χ2v) is 4.69. The molecule has 0 unspecified atom stereocenters. The molecular weight excluding hydrogens is 300 g/mol. The summed E-state index contributed by atoms with van der Waals surface area (Å²) in [5, 5.41) is 13.1. The minimum Gasteiger partial charge on any atom is -0.477 e. The summed E-state index contributed by atoms with van der Waals surface area (Å²) in [6.45, 7) is 1.95. The molecule has 2 rings (SSSR count). The predicted octanol–water partition coefficient (Wildman–Crippen LogP) is 3.15. The highest BCUT2D eigenvalue weighted by molar-refractivity contribution is 9.10. The van der Waals surface area contributed by atoms with Crippen molar-refractivity contribution in [3.8, 4) is 11.3 Å². The third kappa shape index (κ3) is 2.43. The molecule has 0 bridgehead atoms. The van der Waals surface area contributed by atoms with Crippen LogP contribution < -0.4 is 0 Å². The van der Waals surface area contributed by atoms with Gasteiger partial charge in [-0.25, -0.2) is 4.79 Å². The van der Waals surface area contributed by atoms with E-state index in [0.29, 0.717) is 23.4 Å². The first-order valence-electron chi connectivity index (χ1n) is 5.46. The van der Waals surface area contributed by atoms with E-state index in [-0.39, 0.29) is 5.56 Å². The summed E-state index contributed by atoms with van der Waals surface area (Å²) < 4.78 is 5.88. The van der Waals surface area contributed by atoms with Gasteiger partial charge in [0.15, 0.2) is 5.76 Å². The quantitative estimate of drug-likeness (QED) is 0.938. The number of nitrogens with zero attached hydrogens (tertiary/aromatic N) is 2. The van der Waals surface area contributed by atoms with Crippen LogP contribution in [-0.2, 0) is 6.42 Å². The molecule has 2 aromatic heterocycles. The average Bonchev–Trinajstić information content (AvgIpc) is 2.73. The van der Waals surface area contributed by atoms with Crippen LogP contribution in [0.25, 0.3) is 11.3 Å². The summed E-state index contributed by atoms with van der Waals surface area (Å²) in [5.41, 5.74) is 1.06. The van der Waals surface area contributed by atoms with Crippen LogP contribution in [0.2, 0.25) is 0 Å². The Balaban J connectivity index is 2.54. The molecule has 0 saturated heterocycles. The van der Waals surface area contributed by atoms with E-state index < -0.39 is 5.97 Å². The zero-order valence-electron chi connectivity index (χ0n) is 9.68. The first kappa shape index (κ1) is 12.8. The number of hydrogen-bond acceptors (Lipinski definition) is 4. The fourth-order valence-corrected chi connectivity index (χ4v) is 2.05. The highest BCUT2D eigenvalue weighted by atomic mass is 79.9. The van der Waals surface area contributed by atoms with Gasteiger partial charge in [0.1, 0.15) is 11.3 Å². The van der Waals surface area contributed by atoms with Crippen LogP contribution >= 0.6 is 15.9 Å². The van der Waals surface area contributed by atoms with Gasteiger partial charge in [0.05, 0.1) is 0 Å². The molecule has 6 heteroatoms. The molecule has 5 nitrogen and oxygen atoms in total. The molecular formula is C12H11BrN2O3. The number of carbonyl (C=O) groups is 1. The van der Waals surface area contributed by atoms with Crippen LogP contribution in [0, 0.1) is 0 Å². The Bertz CT molecular complexity index is 580. The average molecular weight is 311 g/mol. The zero-order valence-corrected chi connectivity index (χ0v) is 11.3. The van der Waals surface area contributed by atoms with Crippen molar-refractivity contribution in [2.45, 2.75) is 19.8 Å². The predicted molar refractivity (Wildman–Crippen MR) is 68.4 cm³/mol. The van der Waals surface area contributed by atoms with Gasteiger partial charge in [-0.15, -0.1) is 0 Å². The summed E-state index contributed by atoms with van der Waals surface area (Å²) in [6, 6.07) is 1.76. The van der Waals surface area contributed by atoms with Gasteiger partial charge in [-0.2, -0.15) is 0 Å². The lowest BCUT2D eigenvalue weighted by atomic mass is 10.1. The first-order chi connectivity index (χ1) is 8.63. The van der Waals surface area contributed by atoms with Crippen LogP contribution in [0.3, 0.4) is 0 Å². The molecule has 0 atom stereocenters. The topological polar surface area (TPSA) is 76.2 Å². The van der Waals surface area contributed by atoms with Crippen molar-refractivity contribution in [1.29, 1.82) is 0 Å². The molecule has 1 N–H and O–H groups in total. The molecule has 0 aliphatic rings. The fourth-order valence-electron chi connectivity index (χ4n) is 1.68. The maximum Gasteiger partial charge on any atom is 0.341 e. The van der Waals surface area contributed by atoms with Crippen molar-refractivity contribution in [2.75, 3.05) is 0 Å². The third-order valence-corrected chi connectivity index (χ3v) is 2.87. The number of aromatic carboxylic acids is 1. The van der Waals surface area contributed by atoms with Crippen molar-refractivity contribution >= 4 is 21.9 Å². The Kier molecular flexibility index (Phi) is 3.76. The van der Waals surface area contributed by atoms with E-state index in [1.54, 1.807) is 18.5 Å². The number of aromatic nitrogens is 2. The molecule has 0 radical (unpaired) electrons. The van der Waals surface area contributed by atoms with Gasteiger partial charge in [-0.05, 0) is 28.4 Å². The van der Waals surface area contributed by atoms with Crippen LogP contribution in [0.1, 0.15) is 29.5 Å². The SMILES string of the molecule is CCCc1onc(-c2cncc(Br)c2)c1C(=O)O. The summed E-state index contributed by atoms with van der Waals surface area (Å²) in [5.74, 6) is -0.630. The Morgan fingerprint density at radius 3 is 2.89 bits per heavy atom. The molecule has 0 saturated carbocycles. The first-order valence-corrected chi connectivity index (χ1v) is 6.25. The van der Waals surface area contributed by atoms with Gasteiger partial charge in [0.2, 0.25) is 0 Å². The van der Waals surface area contributed by atoms with Gasteiger partial charge < -0.3 is 9.63 Å². The molecule has 18 heavy (non-hydrogen) atoms. The molecule has 0 aliphatic carbocycles. The van der Waals surface area contributed by atoms with E-state index in [1.165, 1.54) is 0 Å². The number of rotatable bonds is 4. The lowest BCUT2D eigenvalue weighted by Crippen LogP contribution is -2.01. The van der Waals surface area contributed by atoms with Crippen LogP contribution in [0.4, 0.5) is 0 Å². The summed E-state index contributed by atoms with van der Waals surface area (Å²) >= 11 is 3.29. The number of pyridine rings is 1. The summed E-state index contributed by atoms with van der Waals surface area (Å²) in [6.07, 6.45) is 4.53. The van der Waals surface area contributed by atoms with E-state index in [9.17, 15) is 9.90 Å². The second-order valence-electron chi connectivity index (χ2n) is 3.78. The molecule has 2 heterocycles. The molecule has 0 fully saturated rings. The van der Waals surface area contributed by atoms with E-state index >= 15 is 0 Å². The number of carboxylic acid groups (broad SMARTS) is 1. The maximum absolute atomic E-state index is 11.3. The van der Waals surface area contributed by atoms with Crippen molar-refractivity contribution in [3.05, 3.63) is 34.3 Å². The summed E-state index contributed by atoms with van der Waals surface area (Å²) in [7, 11) is 0. The molecule has 0 spiro atoms. The largest absolute Gasteiger partial charge is 0.477 e. The van der Waals surface area contributed by atoms with E-state index in [2.05, 4.69) is 26.1 Å². The van der Waals surface area contributed by atoms with Crippen molar-refractivity contribution in [3.63, 3.8) is 0 Å². The van der Waals surface area contributed by atoms with E-state index in [1.807, 2.05) is 6.92 Å². The highest BCUT2D eigenvalue weighted by Gasteiger charge is 2.23. The minimum atomic E-state index is -1.03. The third-order valence-electron chi connectivity index (χ3n) is 2.43. The van der Waals surface area contributed by atoms with Gasteiger partial charge in [-0.1, -0.05) is 12.1 Å². The molecule has 94 valence electrons. The Labute approximate surface area is 112 Å². The zero-order chi connectivity index (χ0) is 13.1. The molecule has 2 aromatic rings. The maximum atomic E-state index is 11.3. The second kappa shape index (κ2) is 5.30. The van der Waals surface area contributed by atoms with Crippen LogP contribution in [0.15, 0.2) is 27.5 Å². The molecule has 0 aliphatic heterocycles. The molecule has 0 amide bonds. The molecule has 0 aromatic carbocycles. The van der Waals surface area contributed by atoms with Gasteiger partial charge >= 0.3 is 5.97 Å². The lowest BCUT2D eigenvalue weighted by Gasteiger charge is -1.99. The normalized spacial score (nSPS) is 10.6. The standard InChI is InChI=1S/C12H11BrN2O3/c1-2-3-9-10(12(16)17)11(15-18-9)7-4-8(13)6-14-5-7/h4-6H,2-3H2,1H3,(H,16,17). The Hall–Kier alpha value is -1.69. The Morgan fingerprint density at radius 2 is 2.28 bits per heavy atom. The monoisotopic (exact) mass is 310 g/mol. The number of hydrogen-bond donors (Lipinski definition) is 1. The van der Waals surface area contributed by atoms with Gasteiger partial charge in [0.25, 0.3) is 0 Å². The van der Waals surface area contributed by atoms with Crippen LogP contribution in [-0.4, -0.2) is 21.2 Å². The van der Waals surface area contributed by atoms with E-state index in [0.717, 1.165) is 10.9 Å². The minimum absolute atomic E-state index is 0.122. The fraction of sp³-hybridized carbons (Fsp3) is 0.250. The number of carboxylic acids is 1. The van der Waals surface area contributed by atoms with Crippen LogP contribution in [0.5, 0.6) is 0 Å². The van der Waals surface area contributed by atoms with Crippen molar-refractivity contribution in [2.24, 2.45) is 0 Å². The highest BCUT2D eigenvalue weighted by Crippen LogP contribution is 2.27. The summed E-state index contributed by atoms with van der Waals surface area (Å²) in [4.78, 5) is 15.3. The van der Waals surface area contributed by atoms with Gasteiger partial charge in [0, 0.05) is 28.9 Å². The number of halogens is 1. The van der Waals surface area contributed by atoms with Crippen molar-refractivity contribution in [1.82, 2.24) is 10.1 Å².